The molecule has 1 aromatic heterocycles. The Morgan fingerprint density at radius 3 is 2.66 bits per heavy atom. The van der Waals surface area contributed by atoms with E-state index in [1.165, 1.54) is 37.4 Å². The van der Waals surface area contributed by atoms with Crippen LogP contribution in [-0.4, -0.2) is 27.3 Å². The molecular weight excluding hydrogens is 418 g/mol. The van der Waals surface area contributed by atoms with Gasteiger partial charge in [-0.15, -0.1) is 0 Å². The number of aromatic nitrogens is 2. The number of nitrogens with one attached hydrogen (secondary N) is 1. The minimum atomic E-state index is -0.0716. The van der Waals surface area contributed by atoms with Gasteiger partial charge in [0, 0.05) is 6.04 Å². The summed E-state index contributed by atoms with van der Waals surface area (Å²) in [5, 5.41) is 4.41. The van der Waals surface area contributed by atoms with Crippen LogP contribution in [0.1, 0.15) is 38.2 Å². The molecule has 0 saturated heterocycles. The SMILES string of the molecule is CC(NC(=O)CSc1nc2ccccc2c(=O)n1Cc1ccccc1)C1CC2CCC1C2. The monoisotopic (exact) mass is 447 g/mol. The van der Waals surface area contributed by atoms with Crippen molar-refractivity contribution in [3.8, 4) is 0 Å². The highest BCUT2D eigenvalue weighted by Gasteiger charge is 2.42. The lowest BCUT2D eigenvalue weighted by atomic mass is 9.84. The number of hydrogen-bond acceptors (Lipinski definition) is 4. The van der Waals surface area contributed by atoms with E-state index in [4.69, 9.17) is 4.98 Å². The van der Waals surface area contributed by atoms with E-state index in [1.807, 2.05) is 54.6 Å². The van der Waals surface area contributed by atoms with Gasteiger partial charge in [0.1, 0.15) is 0 Å². The van der Waals surface area contributed by atoms with Crippen LogP contribution in [0, 0.1) is 17.8 Å². The highest BCUT2D eigenvalue weighted by Crippen LogP contribution is 2.49. The lowest BCUT2D eigenvalue weighted by molar-refractivity contribution is -0.119. The van der Waals surface area contributed by atoms with Gasteiger partial charge in [0.2, 0.25) is 5.91 Å². The third-order valence-electron chi connectivity index (χ3n) is 7.17. The number of carbonyl (C=O) groups excluding carboxylic acids is 1. The number of nitrogens with zero attached hydrogens (tertiary/aromatic N) is 2. The molecule has 0 radical (unpaired) electrons. The van der Waals surface area contributed by atoms with Gasteiger partial charge in [-0.2, -0.15) is 0 Å². The van der Waals surface area contributed by atoms with Crippen molar-refractivity contribution in [2.45, 2.75) is 50.4 Å². The summed E-state index contributed by atoms with van der Waals surface area (Å²) >= 11 is 1.34. The second kappa shape index (κ2) is 9.10. The summed E-state index contributed by atoms with van der Waals surface area (Å²) in [5.74, 6) is 2.52. The molecule has 0 aliphatic heterocycles. The van der Waals surface area contributed by atoms with Gasteiger partial charge in [-0.05, 0) is 61.6 Å². The Bertz CT molecular complexity index is 1180. The Morgan fingerprint density at radius 1 is 1.12 bits per heavy atom. The van der Waals surface area contributed by atoms with E-state index < -0.39 is 0 Å². The van der Waals surface area contributed by atoms with Crippen LogP contribution in [-0.2, 0) is 11.3 Å². The van der Waals surface area contributed by atoms with Crippen molar-refractivity contribution in [2.75, 3.05) is 5.75 Å². The quantitative estimate of drug-likeness (QED) is 0.429. The van der Waals surface area contributed by atoms with Crippen molar-refractivity contribution in [1.29, 1.82) is 0 Å². The first kappa shape index (κ1) is 21.3. The number of carbonyl (C=O) groups is 1. The van der Waals surface area contributed by atoms with Crippen LogP contribution < -0.4 is 10.9 Å². The molecule has 0 spiro atoms. The predicted molar refractivity (Wildman–Crippen MR) is 129 cm³/mol. The topological polar surface area (TPSA) is 64.0 Å². The van der Waals surface area contributed by atoms with Gasteiger partial charge >= 0.3 is 0 Å². The molecule has 2 bridgehead atoms. The predicted octanol–water partition coefficient (Wildman–Crippen LogP) is 4.48. The Kier molecular flexibility index (Phi) is 6.05. The summed E-state index contributed by atoms with van der Waals surface area (Å²) < 4.78 is 1.69. The molecule has 32 heavy (non-hydrogen) atoms. The number of fused-ring (bicyclic) bond motifs is 3. The van der Waals surface area contributed by atoms with Crippen molar-refractivity contribution in [3.63, 3.8) is 0 Å². The standard InChI is InChI=1S/C26H29N3O2S/c1-17(22-14-19-11-12-20(22)13-19)27-24(30)16-32-26-28-23-10-6-5-9-21(23)25(31)29(26)15-18-7-3-2-4-8-18/h2-10,17,19-20,22H,11-16H2,1H3,(H,27,30). The van der Waals surface area contributed by atoms with E-state index in [0.29, 0.717) is 28.5 Å². The minimum absolute atomic E-state index is 0.0129. The molecule has 2 aromatic carbocycles. The summed E-state index contributed by atoms with van der Waals surface area (Å²) in [6, 6.07) is 17.5. The summed E-state index contributed by atoms with van der Waals surface area (Å²) in [6.07, 6.45) is 5.27. The van der Waals surface area contributed by atoms with Gasteiger partial charge < -0.3 is 5.32 Å². The fourth-order valence-corrected chi connectivity index (χ4v) is 6.41. The molecule has 4 atom stereocenters. The highest BCUT2D eigenvalue weighted by atomic mass is 32.2. The zero-order chi connectivity index (χ0) is 22.1. The van der Waals surface area contributed by atoms with E-state index in [0.717, 1.165) is 17.4 Å². The lowest BCUT2D eigenvalue weighted by Crippen LogP contribution is -2.41. The molecule has 6 heteroatoms. The largest absolute Gasteiger partial charge is 0.353 e. The summed E-state index contributed by atoms with van der Waals surface area (Å²) in [7, 11) is 0. The molecule has 5 nitrogen and oxygen atoms in total. The van der Waals surface area contributed by atoms with Gasteiger partial charge in [-0.25, -0.2) is 4.98 Å². The van der Waals surface area contributed by atoms with Crippen LogP contribution in [0.25, 0.3) is 10.9 Å². The number of benzene rings is 2. The fraction of sp³-hybridized carbons (Fsp3) is 0.423. The Balaban J connectivity index is 1.33. The first-order valence-electron chi connectivity index (χ1n) is 11.5. The molecule has 166 valence electrons. The number of rotatable bonds is 7. The molecule has 4 unspecified atom stereocenters. The third kappa shape index (κ3) is 4.33. The molecule has 1 N–H and O–H groups in total. The van der Waals surface area contributed by atoms with E-state index >= 15 is 0 Å². The van der Waals surface area contributed by atoms with Crippen molar-refractivity contribution in [2.24, 2.45) is 17.8 Å². The molecule has 2 saturated carbocycles. The Morgan fingerprint density at radius 2 is 1.91 bits per heavy atom. The third-order valence-corrected chi connectivity index (χ3v) is 8.14. The van der Waals surface area contributed by atoms with Crippen molar-refractivity contribution >= 4 is 28.6 Å². The number of amides is 1. The molecule has 1 heterocycles. The highest BCUT2D eigenvalue weighted by molar-refractivity contribution is 7.99. The zero-order valence-electron chi connectivity index (χ0n) is 18.4. The average Bonchev–Trinajstić information content (AvgIpc) is 3.44. The maximum Gasteiger partial charge on any atom is 0.262 e. The van der Waals surface area contributed by atoms with Gasteiger partial charge in [0.05, 0.1) is 23.2 Å². The molecule has 1 amide bonds. The molecule has 5 rings (SSSR count). The van der Waals surface area contributed by atoms with E-state index in [-0.39, 0.29) is 23.3 Å². The summed E-state index contributed by atoms with van der Waals surface area (Å²) in [5.41, 5.74) is 1.63. The van der Waals surface area contributed by atoms with Crippen LogP contribution in [0.2, 0.25) is 0 Å². The maximum atomic E-state index is 13.2. The molecule has 2 aliphatic rings. The van der Waals surface area contributed by atoms with Gasteiger partial charge in [0.25, 0.3) is 5.56 Å². The first-order chi connectivity index (χ1) is 15.6. The number of para-hydroxylation sites is 1. The Labute approximate surface area is 192 Å². The summed E-state index contributed by atoms with van der Waals surface area (Å²) in [6.45, 7) is 2.58. The zero-order valence-corrected chi connectivity index (χ0v) is 19.2. The molecule has 2 aliphatic carbocycles. The molecule has 3 aromatic rings. The second-order valence-corrected chi connectivity index (χ2v) is 10.2. The molecule has 2 fully saturated rings. The van der Waals surface area contributed by atoms with E-state index in [1.54, 1.807) is 4.57 Å². The maximum absolute atomic E-state index is 13.2. The lowest BCUT2D eigenvalue weighted by Gasteiger charge is -2.28. The van der Waals surface area contributed by atoms with E-state index in [9.17, 15) is 9.59 Å². The number of thioether (sulfide) groups is 1. The van der Waals surface area contributed by atoms with Crippen LogP contribution >= 0.6 is 11.8 Å². The number of hydrogen-bond donors (Lipinski definition) is 1. The average molecular weight is 448 g/mol. The second-order valence-electron chi connectivity index (χ2n) is 9.27. The minimum Gasteiger partial charge on any atom is -0.353 e. The van der Waals surface area contributed by atoms with Crippen LogP contribution in [0.3, 0.4) is 0 Å². The normalized spacial score (nSPS) is 22.8. The Hall–Kier alpha value is -2.60. The van der Waals surface area contributed by atoms with Gasteiger partial charge in [0.15, 0.2) is 5.16 Å². The van der Waals surface area contributed by atoms with E-state index in [2.05, 4.69) is 12.2 Å². The van der Waals surface area contributed by atoms with Crippen molar-refractivity contribution in [1.82, 2.24) is 14.9 Å². The molecular formula is C26H29N3O2S. The van der Waals surface area contributed by atoms with Crippen LogP contribution in [0.4, 0.5) is 0 Å². The van der Waals surface area contributed by atoms with Crippen molar-refractivity contribution < 1.29 is 4.79 Å². The van der Waals surface area contributed by atoms with Gasteiger partial charge in [-0.1, -0.05) is 60.6 Å². The van der Waals surface area contributed by atoms with Gasteiger partial charge in [-0.3, -0.25) is 14.2 Å². The van der Waals surface area contributed by atoms with Crippen LogP contribution in [0.15, 0.2) is 64.5 Å². The fourth-order valence-electron chi connectivity index (χ4n) is 5.60. The summed E-state index contributed by atoms with van der Waals surface area (Å²) in [4.78, 5) is 30.7. The van der Waals surface area contributed by atoms with Crippen LogP contribution in [0.5, 0.6) is 0 Å². The first-order valence-corrected chi connectivity index (χ1v) is 12.5. The van der Waals surface area contributed by atoms with Crippen molar-refractivity contribution in [3.05, 3.63) is 70.5 Å². The smallest absolute Gasteiger partial charge is 0.262 e.